The number of likely N-dealkylation sites (N-methyl/N-ethyl adjacent to an activating group) is 1. The Balaban J connectivity index is 2.23. The lowest BCUT2D eigenvalue weighted by Gasteiger charge is -2.35. The van der Waals surface area contributed by atoms with Crippen molar-refractivity contribution < 1.29 is 4.79 Å². The Morgan fingerprint density at radius 1 is 1.37 bits per heavy atom. The van der Waals surface area contributed by atoms with E-state index in [1.165, 1.54) is 6.08 Å². The summed E-state index contributed by atoms with van der Waals surface area (Å²) in [7, 11) is 2.12. The standard InChI is InChI=1S/C14H18BrN3O/c1-3-14(19)16-12-10-11(15)4-5-13(12)18-8-6-17(2)7-9-18/h3-5,10H,1,6-9H2,2H3,(H,16,19). The molecule has 5 heteroatoms. The molecule has 0 spiro atoms. The highest BCUT2D eigenvalue weighted by Crippen LogP contribution is 2.30. The third-order valence-electron chi connectivity index (χ3n) is 3.25. The molecule has 1 saturated heterocycles. The molecule has 1 fully saturated rings. The molecule has 0 atom stereocenters. The molecule has 0 saturated carbocycles. The minimum atomic E-state index is -0.187. The van der Waals surface area contributed by atoms with E-state index in [1.807, 2.05) is 18.2 Å². The summed E-state index contributed by atoms with van der Waals surface area (Å²) in [6.45, 7) is 7.49. The predicted molar refractivity (Wildman–Crippen MR) is 82.7 cm³/mol. The Morgan fingerprint density at radius 2 is 2.05 bits per heavy atom. The Morgan fingerprint density at radius 3 is 2.68 bits per heavy atom. The molecule has 19 heavy (non-hydrogen) atoms. The Kier molecular flexibility index (Phi) is 4.61. The first-order valence-corrected chi connectivity index (χ1v) is 7.06. The first kappa shape index (κ1) is 14.1. The summed E-state index contributed by atoms with van der Waals surface area (Å²) in [4.78, 5) is 16.1. The molecule has 1 aromatic rings. The van der Waals surface area contributed by atoms with E-state index in [4.69, 9.17) is 0 Å². The number of halogens is 1. The molecule has 1 aromatic carbocycles. The summed E-state index contributed by atoms with van der Waals surface area (Å²) in [6, 6.07) is 5.96. The number of nitrogens with one attached hydrogen (secondary N) is 1. The smallest absolute Gasteiger partial charge is 0.247 e. The van der Waals surface area contributed by atoms with Gasteiger partial charge in [0.15, 0.2) is 0 Å². The summed E-state index contributed by atoms with van der Waals surface area (Å²) in [5, 5.41) is 2.87. The Labute approximate surface area is 122 Å². The minimum absolute atomic E-state index is 0.187. The molecule has 1 N–H and O–H groups in total. The number of amides is 1. The van der Waals surface area contributed by atoms with Crippen LogP contribution >= 0.6 is 15.9 Å². The Hall–Kier alpha value is -1.33. The molecule has 2 rings (SSSR count). The zero-order valence-corrected chi connectivity index (χ0v) is 12.6. The summed E-state index contributed by atoms with van der Waals surface area (Å²) in [5.74, 6) is -0.187. The van der Waals surface area contributed by atoms with Gasteiger partial charge in [-0.3, -0.25) is 4.79 Å². The number of piperazine rings is 1. The van der Waals surface area contributed by atoms with Gasteiger partial charge < -0.3 is 15.1 Å². The number of hydrogen-bond acceptors (Lipinski definition) is 3. The van der Waals surface area contributed by atoms with Crippen LogP contribution in [0, 0.1) is 0 Å². The highest BCUT2D eigenvalue weighted by atomic mass is 79.9. The highest BCUT2D eigenvalue weighted by molar-refractivity contribution is 9.10. The Bertz CT molecular complexity index is 482. The fourth-order valence-corrected chi connectivity index (χ4v) is 2.48. The predicted octanol–water partition coefficient (Wildman–Crippen LogP) is 2.33. The largest absolute Gasteiger partial charge is 0.367 e. The molecule has 1 heterocycles. The quantitative estimate of drug-likeness (QED) is 0.867. The van der Waals surface area contributed by atoms with Crippen LogP contribution in [-0.2, 0) is 4.79 Å². The van der Waals surface area contributed by atoms with Gasteiger partial charge in [0.2, 0.25) is 5.91 Å². The molecular formula is C14H18BrN3O. The van der Waals surface area contributed by atoms with Crippen LogP contribution in [0.2, 0.25) is 0 Å². The van der Waals surface area contributed by atoms with Gasteiger partial charge in [0.05, 0.1) is 11.4 Å². The maximum atomic E-state index is 11.5. The number of hydrogen-bond donors (Lipinski definition) is 1. The molecule has 0 aromatic heterocycles. The lowest BCUT2D eigenvalue weighted by molar-refractivity contribution is -0.111. The lowest BCUT2D eigenvalue weighted by Crippen LogP contribution is -2.44. The topological polar surface area (TPSA) is 35.6 Å². The van der Waals surface area contributed by atoms with Crippen molar-refractivity contribution in [3.63, 3.8) is 0 Å². The minimum Gasteiger partial charge on any atom is -0.367 e. The molecule has 1 aliphatic rings. The van der Waals surface area contributed by atoms with E-state index < -0.39 is 0 Å². The zero-order chi connectivity index (χ0) is 13.8. The van der Waals surface area contributed by atoms with Crippen molar-refractivity contribution in [2.45, 2.75) is 0 Å². The van der Waals surface area contributed by atoms with Crippen LogP contribution in [0.15, 0.2) is 35.3 Å². The van der Waals surface area contributed by atoms with Crippen molar-refractivity contribution in [2.24, 2.45) is 0 Å². The number of anilines is 2. The van der Waals surface area contributed by atoms with E-state index in [9.17, 15) is 4.79 Å². The fourth-order valence-electron chi connectivity index (χ4n) is 2.12. The van der Waals surface area contributed by atoms with Crippen molar-refractivity contribution in [2.75, 3.05) is 43.4 Å². The number of benzene rings is 1. The fraction of sp³-hybridized carbons (Fsp3) is 0.357. The van der Waals surface area contributed by atoms with Crippen molar-refractivity contribution in [1.29, 1.82) is 0 Å². The van der Waals surface area contributed by atoms with E-state index in [-0.39, 0.29) is 5.91 Å². The first-order chi connectivity index (χ1) is 9.10. The maximum Gasteiger partial charge on any atom is 0.247 e. The summed E-state index contributed by atoms with van der Waals surface area (Å²) < 4.78 is 0.949. The van der Waals surface area contributed by atoms with E-state index in [0.717, 1.165) is 42.0 Å². The molecule has 0 aliphatic carbocycles. The van der Waals surface area contributed by atoms with Gasteiger partial charge in [0.25, 0.3) is 0 Å². The van der Waals surface area contributed by atoms with E-state index >= 15 is 0 Å². The second-order valence-electron chi connectivity index (χ2n) is 4.65. The molecule has 1 aliphatic heterocycles. The van der Waals surface area contributed by atoms with Crippen LogP contribution in [-0.4, -0.2) is 44.0 Å². The molecule has 102 valence electrons. The second-order valence-corrected chi connectivity index (χ2v) is 5.56. The van der Waals surface area contributed by atoms with Gasteiger partial charge in [0.1, 0.15) is 0 Å². The van der Waals surface area contributed by atoms with Crippen LogP contribution in [0.4, 0.5) is 11.4 Å². The molecule has 4 nitrogen and oxygen atoms in total. The van der Waals surface area contributed by atoms with E-state index in [0.29, 0.717) is 0 Å². The molecular weight excluding hydrogens is 306 g/mol. The molecule has 0 bridgehead atoms. The normalized spacial score (nSPS) is 16.2. The molecule has 0 unspecified atom stereocenters. The van der Waals surface area contributed by atoms with Crippen molar-refractivity contribution in [3.05, 3.63) is 35.3 Å². The van der Waals surface area contributed by atoms with Crippen molar-refractivity contribution in [1.82, 2.24) is 4.90 Å². The first-order valence-electron chi connectivity index (χ1n) is 6.26. The van der Waals surface area contributed by atoms with Crippen molar-refractivity contribution in [3.8, 4) is 0 Å². The number of nitrogens with zero attached hydrogens (tertiary/aromatic N) is 2. The highest BCUT2D eigenvalue weighted by Gasteiger charge is 2.17. The van der Waals surface area contributed by atoms with Crippen LogP contribution in [0.5, 0.6) is 0 Å². The summed E-state index contributed by atoms with van der Waals surface area (Å²) in [6.07, 6.45) is 1.29. The SMILES string of the molecule is C=CC(=O)Nc1cc(Br)ccc1N1CCN(C)CC1. The van der Waals surface area contributed by atoms with Crippen LogP contribution in [0.1, 0.15) is 0 Å². The third-order valence-corrected chi connectivity index (χ3v) is 3.74. The summed E-state index contributed by atoms with van der Waals surface area (Å²) >= 11 is 3.44. The zero-order valence-electron chi connectivity index (χ0n) is 11.0. The van der Waals surface area contributed by atoms with Crippen LogP contribution < -0.4 is 10.2 Å². The third kappa shape index (κ3) is 3.58. The number of rotatable bonds is 3. The summed E-state index contributed by atoms with van der Waals surface area (Å²) in [5.41, 5.74) is 1.88. The van der Waals surface area contributed by atoms with Crippen LogP contribution in [0.3, 0.4) is 0 Å². The number of carbonyl (C=O) groups excluding carboxylic acids is 1. The maximum absolute atomic E-state index is 11.5. The monoisotopic (exact) mass is 323 g/mol. The number of carbonyl (C=O) groups is 1. The van der Waals surface area contributed by atoms with Crippen LogP contribution in [0.25, 0.3) is 0 Å². The molecule has 0 radical (unpaired) electrons. The van der Waals surface area contributed by atoms with Gasteiger partial charge in [-0.1, -0.05) is 22.5 Å². The lowest BCUT2D eigenvalue weighted by atomic mass is 10.2. The van der Waals surface area contributed by atoms with Crippen molar-refractivity contribution >= 4 is 33.2 Å². The van der Waals surface area contributed by atoms with Gasteiger partial charge in [-0.25, -0.2) is 0 Å². The van der Waals surface area contributed by atoms with Gasteiger partial charge in [-0.05, 0) is 31.3 Å². The average Bonchev–Trinajstić information content (AvgIpc) is 2.40. The molecule has 1 amide bonds. The second kappa shape index (κ2) is 6.21. The average molecular weight is 324 g/mol. The van der Waals surface area contributed by atoms with Gasteiger partial charge in [-0.2, -0.15) is 0 Å². The van der Waals surface area contributed by atoms with E-state index in [2.05, 4.69) is 44.7 Å². The van der Waals surface area contributed by atoms with Gasteiger partial charge >= 0.3 is 0 Å². The van der Waals surface area contributed by atoms with Gasteiger partial charge in [0, 0.05) is 30.7 Å². The van der Waals surface area contributed by atoms with E-state index in [1.54, 1.807) is 0 Å². The van der Waals surface area contributed by atoms with Gasteiger partial charge in [-0.15, -0.1) is 0 Å².